The zero-order valence-corrected chi connectivity index (χ0v) is 10.1. The number of carbonyl (C=O) groups excluding carboxylic acids is 1. The third kappa shape index (κ3) is 2.66. The van der Waals surface area contributed by atoms with Crippen LogP contribution in [0.2, 0.25) is 0 Å². The Hall–Kier alpha value is -1.24. The lowest BCUT2D eigenvalue weighted by Gasteiger charge is -2.11. The van der Waals surface area contributed by atoms with E-state index in [4.69, 9.17) is 5.73 Å². The van der Waals surface area contributed by atoms with Gasteiger partial charge in [-0.3, -0.25) is 10.1 Å². The number of nitrogens with one attached hydrogen (secondary N) is 1. The van der Waals surface area contributed by atoms with Crippen LogP contribution in [0.3, 0.4) is 0 Å². The largest absolute Gasteiger partial charge is 0.368 e. The zero-order chi connectivity index (χ0) is 11.4. The molecule has 3 N–H and O–H groups in total. The molecule has 2 rings (SSSR count). The highest BCUT2D eigenvalue weighted by molar-refractivity contribution is 7.10. The van der Waals surface area contributed by atoms with Crippen molar-refractivity contribution in [3.8, 4) is 0 Å². The van der Waals surface area contributed by atoms with Gasteiger partial charge in [0.25, 0.3) is 0 Å². The summed E-state index contributed by atoms with van der Waals surface area (Å²) in [5.41, 5.74) is 5.34. The second kappa shape index (κ2) is 5.20. The summed E-state index contributed by atoms with van der Waals surface area (Å²) in [4.78, 5) is 16.6. The highest BCUT2D eigenvalue weighted by Crippen LogP contribution is 2.17. The smallest absolute Gasteiger partial charge is 0.241 e. The molecule has 0 spiro atoms. The van der Waals surface area contributed by atoms with Crippen molar-refractivity contribution in [2.24, 2.45) is 5.73 Å². The molecule has 0 saturated carbocycles. The summed E-state index contributed by atoms with van der Waals surface area (Å²) in [5.74, 6) is -0.397. The average Bonchev–Trinajstić information content (AvgIpc) is 2.88. The van der Waals surface area contributed by atoms with Gasteiger partial charge < -0.3 is 5.73 Å². The summed E-state index contributed by atoms with van der Waals surface area (Å²) >= 11 is 3.07. The molecule has 0 aliphatic carbocycles. The molecule has 2 aromatic heterocycles. The second-order valence-electron chi connectivity index (χ2n) is 3.17. The van der Waals surface area contributed by atoms with E-state index < -0.39 is 11.9 Å². The number of hydrogen-bond donors (Lipinski definition) is 2. The quantitative estimate of drug-likeness (QED) is 0.849. The van der Waals surface area contributed by atoms with E-state index in [2.05, 4.69) is 10.3 Å². The Labute approximate surface area is 101 Å². The maximum atomic E-state index is 11.3. The van der Waals surface area contributed by atoms with Crippen LogP contribution in [0.25, 0.3) is 0 Å². The third-order valence-electron chi connectivity index (χ3n) is 2.04. The van der Waals surface area contributed by atoms with Gasteiger partial charge in [-0.2, -0.15) is 0 Å². The van der Waals surface area contributed by atoms with Gasteiger partial charge in [0.1, 0.15) is 11.0 Å². The first-order valence-corrected chi connectivity index (χ1v) is 6.48. The zero-order valence-electron chi connectivity index (χ0n) is 8.42. The van der Waals surface area contributed by atoms with Crippen molar-refractivity contribution in [2.45, 2.75) is 12.6 Å². The van der Waals surface area contributed by atoms with Gasteiger partial charge in [0.2, 0.25) is 5.91 Å². The monoisotopic (exact) mass is 253 g/mol. The van der Waals surface area contributed by atoms with Crippen molar-refractivity contribution in [1.29, 1.82) is 0 Å². The van der Waals surface area contributed by atoms with E-state index in [-0.39, 0.29) is 0 Å². The van der Waals surface area contributed by atoms with E-state index in [1.165, 1.54) is 16.2 Å². The number of thiazole rings is 1. The summed E-state index contributed by atoms with van der Waals surface area (Å²) in [5, 5.41) is 7.65. The van der Waals surface area contributed by atoms with Crippen molar-refractivity contribution in [1.82, 2.24) is 10.3 Å². The molecule has 0 radical (unpaired) electrons. The summed E-state index contributed by atoms with van der Waals surface area (Å²) in [6.07, 6.45) is 1.67. The molecule has 1 amide bonds. The van der Waals surface area contributed by atoms with Crippen molar-refractivity contribution in [3.05, 3.63) is 39.0 Å². The van der Waals surface area contributed by atoms with Crippen molar-refractivity contribution >= 4 is 28.6 Å². The van der Waals surface area contributed by atoms with Gasteiger partial charge in [0, 0.05) is 23.0 Å². The molecule has 0 bridgehead atoms. The molecule has 0 saturated heterocycles. The molecule has 1 unspecified atom stereocenters. The number of hydrogen-bond acceptors (Lipinski definition) is 5. The maximum Gasteiger partial charge on any atom is 0.241 e. The molecular weight excluding hydrogens is 242 g/mol. The maximum absolute atomic E-state index is 11.3. The molecule has 1 atom stereocenters. The minimum Gasteiger partial charge on any atom is -0.368 e. The van der Waals surface area contributed by atoms with E-state index >= 15 is 0 Å². The predicted molar refractivity (Wildman–Crippen MR) is 65.2 cm³/mol. The molecular formula is C10H11N3OS2. The van der Waals surface area contributed by atoms with Crippen LogP contribution in [0.4, 0.5) is 0 Å². The fraction of sp³-hybridized carbons (Fsp3) is 0.200. The number of nitrogens with two attached hydrogens (primary N) is 1. The second-order valence-corrected chi connectivity index (χ2v) is 5.12. The summed E-state index contributed by atoms with van der Waals surface area (Å²) in [6, 6.07) is 3.49. The fourth-order valence-electron chi connectivity index (χ4n) is 1.30. The highest BCUT2D eigenvalue weighted by Gasteiger charge is 2.19. The Bertz CT molecular complexity index is 439. The van der Waals surface area contributed by atoms with Crippen molar-refractivity contribution < 1.29 is 4.79 Å². The van der Waals surface area contributed by atoms with Gasteiger partial charge in [-0.05, 0) is 11.4 Å². The van der Waals surface area contributed by atoms with Gasteiger partial charge >= 0.3 is 0 Å². The van der Waals surface area contributed by atoms with E-state index in [1.54, 1.807) is 17.5 Å². The standard InChI is InChI=1S/C10H11N3OS2/c11-9(14)8(10-12-3-5-16-10)13-6-7-2-1-4-15-7/h1-5,8,13H,6H2,(H2,11,14). The molecule has 0 aliphatic rings. The minimum absolute atomic E-state index is 0.397. The number of amides is 1. The van der Waals surface area contributed by atoms with Crippen LogP contribution in [0.15, 0.2) is 29.1 Å². The lowest BCUT2D eigenvalue weighted by molar-refractivity contribution is -0.120. The van der Waals surface area contributed by atoms with Crippen LogP contribution in [0.5, 0.6) is 0 Å². The van der Waals surface area contributed by atoms with Gasteiger partial charge in [-0.25, -0.2) is 4.98 Å². The Kier molecular flexibility index (Phi) is 3.66. The van der Waals surface area contributed by atoms with Gasteiger partial charge in [-0.1, -0.05) is 6.07 Å². The normalized spacial score (nSPS) is 12.5. The summed E-state index contributed by atoms with van der Waals surface area (Å²) in [7, 11) is 0. The number of aromatic nitrogens is 1. The number of carbonyl (C=O) groups is 1. The highest BCUT2D eigenvalue weighted by atomic mass is 32.1. The minimum atomic E-state index is -0.498. The van der Waals surface area contributed by atoms with Gasteiger partial charge in [-0.15, -0.1) is 22.7 Å². The summed E-state index contributed by atoms with van der Waals surface area (Å²) in [6.45, 7) is 0.630. The SMILES string of the molecule is NC(=O)C(NCc1cccs1)c1nccs1. The van der Waals surface area contributed by atoms with Gasteiger partial charge in [0.05, 0.1) is 0 Å². The topological polar surface area (TPSA) is 68.0 Å². The van der Waals surface area contributed by atoms with E-state index in [0.717, 1.165) is 0 Å². The summed E-state index contributed by atoms with van der Waals surface area (Å²) < 4.78 is 0. The molecule has 0 aromatic carbocycles. The fourth-order valence-corrected chi connectivity index (χ4v) is 2.68. The molecule has 2 aromatic rings. The van der Waals surface area contributed by atoms with Crippen LogP contribution in [0, 0.1) is 0 Å². The van der Waals surface area contributed by atoms with Crippen LogP contribution in [-0.2, 0) is 11.3 Å². The molecule has 2 heterocycles. The number of primary amides is 1. The number of rotatable bonds is 5. The average molecular weight is 253 g/mol. The molecule has 16 heavy (non-hydrogen) atoms. The first-order chi connectivity index (χ1) is 7.77. The van der Waals surface area contributed by atoms with Crippen molar-refractivity contribution in [2.75, 3.05) is 0 Å². The Morgan fingerprint density at radius 2 is 2.38 bits per heavy atom. The first-order valence-electron chi connectivity index (χ1n) is 4.72. The Morgan fingerprint density at radius 1 is 1.50 bits per heavy atom. The van der Waals surface area contributed by atoms with Crippen LogP contribution < -0.4 is 11.1 Å². The Balaban J connectivity index is 2.02. The number of nitrogens with zero attached hydrogens (tertiary/aromatic N) is 1. The molecule has 6 heteroatoms. The molecule has 4 nitrogen and oxygen atoms in total. The van der Waals surface area contributed by atoms with Crippen LogP contribution >= 0.6 is 22.7 Å². The first kappa shape index (κ1) is 11.3. The lowest BCUT2D eigenvalue weighted by Crippen LogP contribution is -2.33. The van der Waals surface area contributed by atoms with E-state index in [0.29, 0.717) is 11.6 Å². The molecule has 0 fully saturated rings. The third-order valence-corrected chi connectivity index (χ3v) is 3.76. The van der Waals surface area contributed by atoms with Gasteiger partial charge in [0.15, 0.2) is 0 Å². The molecule has 84 valence electrons. The van der Waals surface area contributed by atoms with E-state index in [9.17, 15) is 4.79 Å². The van der Waals surface area contributed by atoms with Crippen LogP contribution in [-0.4, -0.2) is 10.9 Å². The van der Waals surface area contributed by atoms with Crippen LogP contribution in [0.1, 0.15) is 15.9 Å². The van der Waals surface area contributed by atoms with Crippen molar-refractivity contribution in [3.63, 3.8) is 0 Å². The van der Waals surface area contributed by atoms with E-state index in [1.807, 2.05) is 22.9 Å². The predicted octanol–water partition coefficient (Wildman–Crippen LogP) is 1.52. The molecule has 0 aliphatic heterocycles. The lowest BCUT2D eigenvalue weighted by atomic mass is 10.3. The Morgan fingerprint density at radius 3 is 2.94 bits per heavy atom. The number of thiophene rings is 1.